The third-order valence-electron chi connectivity index (χ3n) is 3.82. The molecule has 3 rings (SSSR count). The van der Waals surface area contributed by atoms with Crippen LogP contribution in [0.3, 0.4) is 0 Å². The Bertz CT molecular complexity index is 546. The van der Waals surface area contributed by atoms with E-state index in [0.717, 1.165) is 12.0 Å². The van der Waals surface area contributed by atoms with Crippen molar-refractivity contribution in [3.05, 3.63) is 28.8 Å². The van der Waals surface area contributed by atoms with Gasteiger partial charge in [0.25, 0.3) is 0 Å². The summed E-state index contributed by atoms with van der Waals surface area (Å²) in [7, 11) is 0. The Hall–Kier alpha value is -1.42. The average molecular weight is 281 g/mol. The van der Waals surface area contributed by atoms with Gasteiger partial charge < -0.3 is 10.1 Å². The number of hydrogen-bond acceptors (Lipinski definition) is 2. The molecular weight excluding hydrogens is 264 g/mol. The molecule has 2 aliphatic rings. The number of carbonyl (C=O) groups excluding carboxylic acids is 1. The Kier molecular flexibility index (Phi) is 2.68. The first kappa shape index (κ1) is 12.6. The smallest absolute Gasteiger partial charge is 0.321 e. The van der Waals surface area contributed by atoms with Gasteiger partial charge in [-0.25, -0.2) is 4.79 Å². The molecule has 0 radical (unpaired) electrons. The molecule has 2 atom stereocenters. The van der Waals surface area contributed by atoms with E-state index in [4.69, 9.17) is 16.3 Å². The Morgan fingerprint density at radius 2 is 2.26 bits per heavy atom. The van der Waals surface area contributed by atoms with E-state index in [2.05, 4.69) is 5.32 Å². The quantitative estimate of drug-likeness (QED) is 0.857. The van der Waals surface area contributed by atoms with Gasteiger partial charge in [0.05, 0.1) is 11.1 Å². The number of nitrogens with zero attached hydrogens (tertiary/aromatic N) is 1. The van der Waals surface area contributed by atoms with Gasteiger partial charge in [0.2, 0.25) is 0 Å². The lowest BCUT2D eigenvalue weighted by molar-refractivity contribution is -0.0962. The van der Waals surface area contributed by atoms with Crippen molar-refractivity contribution in [2.24, 2.45) is 0 Å². The number of rotatable bonds is 1. The lowest BCUT2D eigenvalue weighted by Crippen LogP contribution is -2.66. The first-order chi connectivity index (χ1) is 8.92. The van der Waals surface area contributed by atoms with Crippen LogP contribution in [0.2, 0.25) is 5.02 Å². The molecule has 0 aromatic heterocycles. The molecule has 19 heavy (non-hydrogen) atoms. The Morgan fingerprint density at radius 1 is 1.53 bits per heavy atom. The molecule has 1 fully saturated rings. The number of benzene rings is 1. The standard InChI is InChI=1S/C14H17ClN2O2/c1-8(2)17-13(18)16-11-7-14(17,3)19-12-9(11)5-4-6-10(12)15/h4-6,8,11H,7H2,1-3H3,(H,16,18). The fourth-order valence-corrected chi connectivity index (χ4v) is 3.37. The van der Waals surface area contributed by atoms with Crippen LogP contribution < -0.4 is 10.1 Å². The predicted octanol–water partition coefficient (Wildman–Crippen LogP) is 3.31. The second-order valence-electron chi connectivity index (χ2n) is 5.61. The van der Waals surface area contributed by atoms with Crippen LogP contribution in [0.15, 0.2) is 18.2 Å². The summed E-state index contributed by atoms with van der Waals surface area (Å²) in [5.41, 5.74) is 0.320. The van der Waals surface area contributed by atoms with Crippen molar-refractivity contribution in [3.8, 4) is 5.75 Å². The van der Waals surface area contributed by atoms with E-state index >= 15 is 0 Å². The highest BCUT2D eigenvalue weighted by atomic mass is 35.5. The molecule has 1 N–H and O–H groups in total. The molecule has 2 bridgehead atoms. The highest BCUT2D eigenvalue weighted by Gasteiger charge is 2.50. The first-order valence-electron chi connectivity index (χ1n) is 6.49. The van der Waals surface area contributed by atoms with Crippen LogP contribution in [-0.2, 0) is 0 Å². The molecule has 4 nitrogen and oxygen atoms in total. The van der Waals surface area contributed by atoms with Crippen molar-refractivity contribution in [1.82, 2.24) is 10.2 Å². The van der Waals surface area contributed by atoms with E-state index in [1.54, 1.807) is 4.90 Å². The number of carbonyl (C=O) groups is 1. The van der Waals surface area contributed by atoms with E-state index in [1.807, 2.05) is 39.0 Å². The van der Waals surface area contributed by atoms with Gasteiger partial charge in [-0.05, 0) is 26.8 Å². The van der Waals surface area contributed by atoms with Crippen LogP contribution in [0.5, 0.6) is 5.75 Å². The van der Waals surface area contributed by atoms with Crippen LogP contribution in [-0.4, -0.2) is 22.7 Å². The number of para-hydroxylation sites is 1. The zero-order chi connectivity index (χ0) is 13.8. The van der Waals surface area contributed by atoms with Crippen LogP contribution >= 0.6 is 11.6 Å². The van der Waals surface area contributed by atoms with Crippen LogP contribution in [0.25, 0.3) is 0 Å². The van der Waals surface area contributed by atoms with E-state index < -0.39 is 5.72 Å². The summed E-state index contributed by atoms with van der Waals surface area (Å²) < 4.78 is 6.10. The molecule has 0 aliphatic carbocycles. The Morgan fingerprint density at radius 3 is 2.95 bits per heavy atom. The molecule has 1 saturated heterocycles. The molecule has 1 aromatic carbocycles. The summed E-state index contributed by atoms with van der Waals surface area (Å²) in [6.07, 6.45) is 0.726. The van der Waals surface area contributed by atoms with E-state index in [9.17, 15) is 4.79 Å². The first-order valence-corrected chi connectivity index (χ1v) is 6.87. The number of amides is 2. The van der Waals surface area contributed by atoms with Gasteiger partial charge >= 0.3 is 6.03 Å². The minimum Gasteiger partial charge on any atom is -0.466 e. The van der Waals surface area contributed by atoms with Crippen molar-refractivity contribution in [1.29, 1.82) is 0 Å². The number of fused-ring (bicyclic) bond motifs is 4. The normalized spacial score (nSPS) is 28.8. The van der Waals surface area contributed by atoms with Crippen molar-refractivity contribution in [2.75, 3.05) is 0 Å². The molecule has 2 amide bonds. The highest BCUT2D eigenvalue weighted by Crippen LogP contribution is 2.47. The molecule has 0 saturated carbocycles. The van der Waals surface area contributed by atoms with E-state index in [1.165, 1.54) is 0 Å². The third-order valence-corrected chi connectivity index (χ3v) is 4.12. The second kappa shape index (κ2) is 4.04. The lowest BCUT2D eigenvalue weighted by Gasteiger charge is -2.52. The molecule has 2 aliphatic heterocycles. The lowest BCUT2D eigenvalue weighted by atomic mass is 9.90. The van der Waals surface area contributed by atoms with E-state index in [0.29, 0.717) is 10.8 Å². The van der Waals surface area contributed by atoms with Gasteiger partial charge in [-0.2, -0.15) is 0 Å². The van der Waals surface area contributed by atoms with Crippen molar-refractivity contribution in [3.63, 3.8) is 0 Å². The Balaban J connectivity index is 2.11. The topological polar surface area (TPSA) is 41.6 Å². The fraction of sp³-hybridized carbons (Fsp3) is 0.500. The third kappa shape index (κ3) is 1.77. The van der Waals surface area contributed by atoms with Crippen molar-refractivity contribution < 1.29 is 9.53 Å². The number of hydrogen-bond donors (Lipinski definition) is 1. The van der Waals surface area contributed by atoms with Crippen molar-refractivity contribution in [2.45, 2.75) is 45.0 Å². The van der Waals surface area contributed by atoms with Crippen LogP contribution in [0.1, 0.15) is 38.8 Å². The fourth-order valence-electron chi connectivity index (χ4n) is 3.15. The summed E-state index contributed by atoms with van der Waals surface area (Å²) in [5, 5.41) is 3.63. The SMILES string of the molecule is CC(C)N1C(=O)NC2CC1(C)Oc1c(Cl)cccc12. The predicted molar refractivity (Wildman–Crippen MR) is 73.3 cm³/mol. The molecule has 102 valence electrons. The highest BCUT2D eigenvalue weighted by molar-refractivity contribution is 6.32. The molecule has 0 spiro atoms. The minimum atomic E-state index is -0.640. The minimum absolute atomic E-state index is 0.0325. The maximum absolute atomic E-state index is 12.3. The largest absolute Gasteiger partial charge is 0.466 e. The molecule has 2 heterocycles. The molecule has 1 aromatic rings. The van der Waals surface area contributed by atoms with Crippen LogP contribution in [0, 0.1) is 0 Å². The molecular formula is C14H17ClN2O2. The van der Waals surface area contributed by atoms with Gasteiger partial charge in [0, 0.05) is 18.0 Å². The van der Waals surface area contributed by atoms with Gasteiger partial charge in [-0.15, -0.1) is 0 Å². The van der Waals surface area contributed by atoms with Crippen LogP contribution in [0.4, 0.5) is 4.79 Å². The van der Waals surface area contributed by atoms with Gasteiger partial charge in [-0.1, -0.05) is 23.7 Å². The van der Waals surface area contributed by atoms with E-state index in [-0.39, 0.29) is 18.1 Å². The summed E-state index contributed by atoms with van der Waals surface area (Å²) >= 11 is 6.22. The summed E-state index contributed by atoms with van der Waals surface area (Å²) in [6, 6.07) is 5.60. The maximum Gasteiger partial charge on any atom is 0.321 e. The Labute approximate surface area is 117 Å². The zero-order valence-electron chi connectivity index (χ0n) is 11.2. The number of ether oxygens (including phenoxy) is 1. The van der Waals surface area contributed by atoms with Crippen molar-refractivity contribution >= 4 is 17.6 Å². The molecule has 2 unspecified atom stereocenters. The van der Waals surface area contributed by atoms with Gasteiger partial charge in [0.15, 0.2) is 5.72 Å². The summed E-state index contributed by atoms with van der Waals surface area (Å²) in [5.74, 6) is 0.688. The number of urea groups is 1. The monoisotopic (exact) mass is 280 g/mol. The van der Waals surface area contributed by atoms with Gasteiger partial charge in [-0.3, -0.25) is 4.90 Å². The average Bonchev–Trinajstić information content (AvgIpc) is 2.29. The maximum atomic E-state index is 12.3. The summed E-state index contributed by atoms with van der Waals surface area (Å²) in [4.78, 5) is 14.0. The second-order valence-corrected chi connectivity index (χ2v) is 6.01. The van der Waals surface area contributed by atoms with Gasteiger partial charge in [0.1, 0.15) is 5.75 Å². The summed E-state index contributed by atoms with van der Waals surface area (Å²) in [6.45, 7) is 5.91. The molecule has 5 heteroatoms. The zero-order valence-corrected chi connectivity index (χ0v) is 12.0. The number of nitrogens with one attached hydrogen (secondary N) is 1. The number of halogens is 1.